The Morgan fingerprint density at radius 3 is 2.71 bits per heavy atom. The number of rotatable bonds is 3. The molecule has 0 radical (unpaired) electrons. The summed E-state index contributed by atoms with van der Waals surface area (Å²) < 4.78 is 0.674. The van der Waals surface area contributed by atoms with Gasteiger partial charge >= 0.3 is 0 Å². The maximum Gasteiger partial charge on any atom is 0.251 e. The smallest absolute Gasteiger partial charge is 0.251 e. The van der Waals surface area contributed by atoms with Gasteiger partial charge in [-0.2, -0.15) is 0 Å². The topological polar surface area (TPSA) is 111 Å². The van der Waals surface area contributed by atoms with Crippen LogP contribution in [0.2, 0.25) is 5.02 Å². The van der Waals surface area contributed by atoms with Crippen LogP contribution in [-0.2, 0) is 0 Å². The normalized spacial score (nSPS) is 10.8. The lowest BCUT2D eigenvalue weighted by atomic mass is 10.0. The molecule has 0 aliphatic heterocycles. The highest BCUT2D eigenvalue weighted by molar-refractivity contribution is 14.1. The molecule has 2 aromatic heterocycles. The number of benzene rings is 1. The van der Waals surface area contributed by atoms with Crippen LogP contribution in [0, 0.1) is 10.5 Å². The highest BCUT2D eigenvalue weighted by Crippen LogP contribution is 2.36. The molecule has 1 aromatic carbocycles. The van der Waals surface area contributed by atoms with Crippen LogP contribution >= 0.6 is 34.2 Å². The summed E-state index contributed by atoms with van der Waals surface area (Å²) in [5, 5.41) is 0.573. The Hall–Kier alpha value is -2.13. The van der Waals surface area contributed by atoms with Crippen LogP contribution in [0.5, 0.6) is 0 Å². The maximum absolute atomic E-state index is 12.0. The van der Waals surface area contributed by atoms with Gasteiger partial charge in [-0.25, -0.2) is 9.97 Å². The van der Waals surface area contributed by atoms with E-state index in [1.807, 2.05) is 13.0 Å². The zero-order chi connectivity index (χ0) is 17.4. The second-order valence-corrected chi connectivity index (χ2v) is 6.70. The monoisotopic (exact) mass is 453 g/mol. The van der Waals surface area contributed by atoms with Gasteiger partial charge in [-0.05, 0) is 53.3 Å². The number of anilines is 1. The Morgan fingerprint density at radius 2 is 2.04 bits per heavy atom. The number of amides is 1. The van der Waals surface area contributed by atoms with Gasteiger partial charge in [0, 0.05) is 16.8 Å². The Morgan fingerprint density at radius 1 is 1.29 bits per heavy atom. The van der Waals surface area contributed by atoms with E-state index in [-0.39, 0.29) is 5.95 Å². The lowest BCUT2D eigenvalue weighted by molar-refractivity contribution is 0.100. The van der Waals surface area contributed by atoms with Crippen molar-refractivity contribution in [2.24, 2.45) is 5.73 Å². The second kappa shape index (κ2) is 6.40. The van der Waals surface area contributed by atoms with E-state index in [0.717, 1.165) is 11.1 Å². The number of hydrogen-bond donors (Lipinski definition) is 3. The van der Waals surface area contributed by atoms with Gasteiger partial charge in [0.05, 0.1) is 26.2 Å². The second-order valence-electron chi connectivity index (χ2n) is 5.19. The van der Waals surface area contributed by atoms with Crippen molar-refractivity contribution in [1.29, 1.82) is 0 Å². The fourth-order valence-electron chi connectivity index (χ4n) is 2.46. The SMILES string of the molecule is Cc1ccc(Cl)cc1-c1[nH]c(-c2ccnc(N)n2)c(I)c1C(N)=O. The first-order chi connectivity index (χ1) is 11.4. The van der Waals surface area contributed by atoms with Crippen molar-refractivity contribution in [3.63, 3.8) is 0 Å². The van der Waals surface area contributed by atoms with E-state index in [4.69, 9.17) is 23.1 Å². The zero-order valence-electron chi connectivity index (χ0n) is 12.6. The molecule has 3 rings (SSSR count). The third kappa shape index (κ3) is 2.96. The molecule has 2 heterocycles. The third-order valence-electron chi connectivity index (χ3n) is 3.58. The van der Waals surface area contributed by atoms with E-state index < -0.39 is 5.91 Å². The number of hydrogen-bond acceptors (Lipinski definition) is 4. The molecule has 0 fully saturated rings. The number of nitrogens with one attached hydrogen (secondary N) is 1. The molecule has 8 heteroatoms. The lowest BCUT2D eigenvalue weighted by Crippen LogP contribution is -2.13. The first kappa shape index (κ1) is 16.7. The molecule has 0 aliphatic carbocycles. The molecule has 3 aromatic rings. The van der Waals surface area contributed by atoms with E-state index in [1.54, 1.807) is 24.4 Å². The average Bonchev–Trinajstić information content (AvgIpc) is 2.87. The Kier molecular flexibility index (Phi) is 4.46. The number of H-pyrrole nitrogens is 1. The van der Waals surface area contributed by atoms with E-state index in [1.165, 1.54) is 0 Å². The molecule has 0 spiro atoms. The van der Waals surface area contributed by atoms with Crippen LogP contribution in [0.4, 0.5) is 5.95 Å². The Bertz CT molecular complexity index is 954. The van der Waals surface area contributed by atoms with E-state index in [9.17, 15) is 4.79 Å². The van der Waals surface area contributed by atoms with E-state index in [0.29, 0.717) is 31.2 Å². The van der Waals surface area contributed by atoms with Crippen molar-refractivity contribution in [3.8, 4) is 22.6 Å². The molecule has 0 aliphatic rings. The summed E-state index contributed by atoms with van der Waals surface area (Å²) in [6.07, 6.45) is 1.56. The van der Waals surface area contributed by atoms with Crippen molar-refractivity contribution in [1.82, 2.24) is 15.0 Å². The number of halogens is 2. The molecule has 0 unspecified atom stereocenters. The molecule has 6 nitrogen and oxygen atoms in total. The van der Waals surface area contributed by atoms with E-state index in [2.05, 4.69) is 37.5 Å². The predicted molar refractivity (Wildman–Crippen MR) is 103 cm³/mol. The van der Waals surface area contributed by atoms with Crippen LogP contribution in [-0.4, -0.2) is 20.9 Å². The highest BCUT2D eigenvalue weighted by Gasteiger charge is 2.23. The molecule has 1 amide bonds. The largest absolute Gasteiger partial charge is 0.368 e. The summed E-state index contributed by atoms with van der Waals surface area (Å²) in [6, 6.07) is 7.19. The fraction of sp³-hybridized carbons (Fsp3) is 0.0625. The first-order valence-electron chi connectivity index (χ1n) is 6.95. The molecule has 0 saturated heterocycles. The van der Waals surface area contributed by atoms with Gasteiger partial charge < -0.3 is 16.5 Å². The van der Waals surface area contributed by atoms with Crippen LogP contribution in [0.1, 0.15) is 15.9 Å². The number of aromatic nitrogens is 3. The lowest BCUT2D eigenvalue weighted by Gasteiger charge is -2.06. The molecule has 24 heavy (non-hydrogen) atoms. The molecule has 0 bridgehead atoms. The summed E-state index contributed by atoms with van der Waals surface area (Å²) in [6.45, 7) is 1.94. The third-order valence-corrected chi connectivity index (χ3v) is 4.90. The zero-order valence-corrected chi connectivity index (χ0v) is 15.5. The minimum absolute atomic E-state index is 0.152. The predicted octanol–water partition coefficient (Wildman–Crippen LogP) is 3.39. The minimum atomic E-state index is -0.529. The average molecular weight is 454 g/mol. The summed E-state index contributed by atoms with van der Waals surface area (Å²) in [5.74, 6) is -0.377. The number of nitrogens with two attached hydrogens (primary N) is 2. The van der Waals surface area contributed by atoms with E-state index >= 15 is 0 Å². The summed E-state index contributed by atoms with van der Waals surface area (Å²) >= 11 is 8.19. The van der Waals surface area contributed by atoms with Crippen LogP contribution in [0.3, 0.4) is 0 Å². The van der Waals surface area contributed by atoms with Crippen LogP contribution in [0.25, 0.3) is 22.6 Å². The Balaban J connectivity index is 2.29. The number of nitrogens with zero attached hydrogens (tertiary/aromatic N) is 2. The number of aromatic amines is 1. The van der Waals surface area contributed by atoms with Crippen LogP contribution in [0.15, 0.2) is 30.5 Å². The summed E-state index contributed by atoms with van der Waals surface area (Å²) in [7, 11) is 0. The standard InChI is InChI=1S/C16H13ClIN5O/c1-7-2-3-8(17)6-9(7)13-11(15(19)24)12(18)14(23-13)10-4-5-21-16(20)22-10/h2-6,23H,1H3,(H2,19,24)(H2,20,21,22). The molecular weight excluding hydrogens is 441 g/mol. The molecule has 0 saturated carbocycles. The minimum Gasteiger partial charge on any atom is -0.368 e. The summed E-state index contributed by atoms with van der Waals surface area (Å²) in [5.41, 5.74) is 15.3. The highest BCUT2D eigenvalue weighted by atomic mass is 127. The number of carbonyl (C=O) groups excluding carboxylic acids is 1. The molecular formula is C16H13ClIN5O. The van der Waals surface area contributed by atoms with Gasteiger partial charge in [0.15, 0.2) is 0 Å². The Labute approximate surface area is 156 Å². The molecule has 122 valence electrons. The van der Waals surface area contributed by atoms with Gasteiger partial charge in [-0.15, -0.1) is 0 Å². The van der Waals surface area contributed by atoms with Crippen molar-refractivity contribution in [3.05, 3.63) is 50.2 Å². The van der Waals surface area contributed by atoms with Crippen molar-refractivity contribution in [2.75, 3.05) is 5.73 Å². The van der Waals surface area contributed by atoms with Gasteiger partial charge in [-0.3, -0.25) is 4.79 Å². The quantitative estimate of drug-likeness (QED) is 0.528. The van der Waals surface area contributed by atoms with Crippen molar-refractivity contribution >= 4 is 46.0 Å². The molecule has 0 atom stereocenters. The van der Waals surface area contributed by atoms with Crippen LogP contribution < -0.4 is 11.5 Å². The summed E-state index contributed by atoms with van der Waals surface area (Å²) in [4.78, 5) is 23.4. The van der Waals surface area contributed by atoms with Gasteiger partial charge in [0.25, 0.3) is 5.91 Å². The fourth-order valence-corrected chi connectivity index (χ4v) is 3.58. The number of primary amides is 1. The first-order valence-corrected chi connectivity index (χ1v) is 8.41. The van der Waals surface area contributed by atoms with Crippen molar-refractivity contribution in [2.45, 2.75) is 6.92 Å². The van der Waals surface area contributed by atoms with Crippen molar-refractivity contribution < 1.29 is 4.79 Å². The number of aryl methyl sites for hydroxylation is 1. The maximum atomic E-state index is 12.0. The van der Waals surface area contributed by atoms with Gasteiger partial charge in [0.2, 0.25) is 5.95 Å². The number of carbonyl (C=O) groups is 1. The number of nitrogen functional groups attached to an aromatic ring is 1. The molecule has 5 N–H and O–H groups in total. The van der Waals surface area contributed by atoms with Gasteiger partial charge in [0.1, 0.15) is 0 Å². The van der Waals surface area contributed by atoms with Gasteiger partial charge in [-0.1, -0.05) is 17.7 Å².